The number of nitrogens with one attached hydrogen (secondary N) is 1. The van der Waals surface area contributed by atoms with E-state index in [2.05, 4.69) is 55.8 Å². The molecule has 1 heterocycles. The van der Waals surface area contributed by atoms with Crippen LogP contribution < -0.4 is 5.32 Å². The van der Waals surface area contributed by atoms with Crippen LogP contribution in [0.3, 0.4) is 0 Å². The number of aryl methyl sites for hydroxylation is 1. The van der Waals surface area contributed by atoms with Crippen molar-refractivity contribution in [2.75, 3.05) is 5.32 Å². The highest BCUT2D eigenvalue weighted by Crippen LogP contribution is 2.23. The normalized spacial score (nSPS) is 10.6. The zero-order chi connectivity index (χ0) is 14.7. The third-order valence-corrected chi connectivity index (χ3v) is 3.79. The topological polar surface area (TPSA) is 55.6 Å². The lowest BCUT2D eigenvalue weighted by atomic mass is 10.2. The molecular formula is C15H14BrN5. The Kier molecular flexibility index (Phi) is 3.96. The van der Waals surface area contributed by atoms with E-state index in [1.54, 1.807) is 4.68 Å². The molecule has 0 aliphatic carbocycles. The second-order valence-corrected chi connectivity index (χ2v) is 5.53. The first kappa shape index (κ1) is 13.8. The molecule has 106 valence electrons. The Bertz CT molecular complexity index is 739. The maximum atomic E-state index is 4.08. The van der Waals surface area contributed by atoms with Gasteiger partial charge in [0.2, 0.25) is 0 Å². The molecule has 0 spiro atoms. The molecule has 0 fully saturated rings. The van der Waals surface area contributed by atoms with Gasteiger partial charge >= 0.3 is 0 Å². The molecule has 5 nitrogen and oxygen atoms in total. The summed E-state index contributed by atoms with van der Waals surface area (Å²) in [6.07, 6.45) is 0. The molecule has 0 saturated heterocycles. The van der Waals surface area contributed by atoms with Crippen molar-refractivity contribution < 1.29 is 0 Å². The summed E-state index contributed by atoms with van der Waals surface area (Å²) in [6.45, 7) is 2.61. The summed E-state index contributed by atoms with van der Waals surface area (Å²) in [5, 5.41) is 15.2. The second-order valence-electron chi connectivity index (χ2n) is 4.68. The SMILES string of the molecule is Cc1ccc(Br)c(NCc2nnnn2-c2ccccc2)c1. The largest absolute Gasteiger partial charge is 0.377 e. The lowest BCUT2D eigenvalue weighted by Gasteiger charge is -2.09. The van der Waals surface area contributed by atoms with Crippen molar-refractivity contribution in [3.63, 3.8) is 0 Å². The number of hydrogen-bond donors (Lipinski definition) is 1. The third-order valence-electron chi connectivity index (χ3n) is 3.09. The molecule has 2 aromatic carbocycles. The van der Waals surface area contributed by atoms with Gasteiger partial charge in [0.1, 0.15) is 0 Å². The van der Waals surface area contributed by atoms with Crippen LogP contribution in [0.2, 0.25) is 0 Å². The van der Waals surface area contributed by atoms with E-state index >= 15 is 0 Å². The predicted octanol–water partition coefficient (Wildman–Crippen LogP) is 3.35. The Morgan fingerprint density at radius 2 is 1.95 bits per heavy atom. The molecule has 0 unspecified atom stereocenters. The number of anilines is 1. The lowest BCUT2D eigenvalue weighted by Crippen LogP contribution is -2.09. The van der Waals surface area contributed by atoms with Gasteiger partial charge in [0.15, 0.2) is 5.82 Å². The van der Waals surface area contributed by atoms with E-state index < -0.39 is 0 Å². The number of halogens is 1. The average Bonchev–Trinajstić information content (AvgIpc) is 2.97. The van der Waals surface area contributed by atoms with Crippen LogP contribution >= 0.6 is 15.9 Å². The molecule has 1 N–H and O–H groups in total. The van der Waals surface area contributed by atoms with E-state index in [1.165, 1.54) is 5.56 Å². The van der Waals surface area contributed by atoms with Crippen molar-refractivity contribution in [2.45, 2.75) is 13.5 Å². The van der Waals surface area contributed by atoms with E-state index in [0.717, 1.165) is 21.7 Å². The maximum absolute atomic E-state index is 4.08. The van der Waals surface area contributed by atoms with Crippen molar-refractivity contribution in [2.24, 2.45) is 0 Å². The van der Waals surface area contributed by atoms with Gasteiger partial charge in [-0.1, -0.05) is 24.3 Å². The van der Waals surface area contributed by atoms with E-state index in [0.29, 0.717) is 6.54 Å². The fourth-order valence-corrected chi connectivity index (χ4v) is 2.42. The zero-order valence-electron chi connectivity index (χ0n) is 11.5. The molecular weight excluding hydrogens is 330 g/mol. The number of hydrogen-bond acceptors (Lipinski definition) is 4. The van der Waals surface area contributed by atoms with Gasteiger partial charge in [-0.15, -0.1) is 5.10 Å². The predicted molar refractivity (Wildman–Crippen MR) is 85.4 cm³/mol. The number of benzene rings is 2. The molecule has 0 radical (unpaired) electrons. The lowest BCUT2D eigenvalue weighted by molar-refractivity contribution is 0.768. The Balaban J connectivity index is 1.81. The van der Waals surface area contributed by atoms with Gasteiger partial charge in [-0.3, -0.25) is 0 Å². The number of para-hydroxylation sites is 1. The quantitative estimate of drug-likeness (QED) is 0.789. The van der Waals surface area contributed by atoms with Gasteiger partial charge in [0.25, 0.3) is 0 Å². The standard InChI is InChI=1S/C15H14BrN5/c1-11-7-8-13(16)14(9-11)17-10-15-18-19-20-21(15)12-5-3-2-4-6-12/h2-9,17H,10H2,1H3. The van der Waals surface area contributed by atoms with Crippen LogP contribution in [0.25, 0.3) is 5.69 Å². The molecule has 3 aromatic rings. The Morgan fingerprint density at radius 3 is 2.76 bits per heavy atom. The van der Waals surface area contributed by atoms with Crippen molar-refractivity contribution >= 4 is 21.6 Å². The summed E-state index contributed by atoms with van der Waals surface area (Å²) in [5.74, 6) is 0.759. The maximum Gasteiger partial charge on any atom is 0.175 e. The molecule has 1 aromatic heterocycles. The van der Waals surface area contributed by atoms with Crippen molar-refractivity contribution in [3.05, 3.63) is 64.4 Å². The number of tetrazole rings is 1. The monoisotopic (exact) mass is 343 g/mol. The first-order valence-corrected chi connectivity index (χ1v) is 7.36. The highest BCUT2D eigenvalue weighted by molar-refractivity contribution is 9.10. The van der Waals surface area contributed by atoms with Gasteiger partial charge in [-0.2, -0.15) is 4.68 Å². The Hall–Kier alpha value is -2.21. The molecule has 0 amide bonds. The fourth-order valence-electron chi connectivity index (χ4n) is 2.03. The summed E-state index contributed by atoms with van der Waals surface area (Å²) >= 11 is 3.54. The van der Waals surface area contributed by atoms with Crippen molar-refractivity contribution in [3.8, 4) is 5.69 Å². The van der Waals surface area contributed by atoms with E-state index in [9.17, 15) is 0 Å². The van der Waals surface area contributed by atoms with Gasteiger partial charge in [-0.05, 0) is 63.1 Å². The second kappa shape index (κ2) is 6.05. The minimum Gasteiger partial charge on any atom is -0.377 e. The minimum absolute atomic E-state index is 0.546. The fraction of sp³-hybridized carbons (Fsp3) is 0.133. The summed E-state index contributed by atoms with van der Waals surface area (Å²) < 4.78 is 2.75. The van der Waals surface area contributed by atoms with Crippen LogP contribution in [0.15, 0.2) is 53.0 Å². The first-order chi connectivity index (χ1) is 10.2. The Morgan fingerprint density at radius 1 is 1.14 bits per heavy atom. The molecule has 3 rings (SSSR count). The molecule has 6 heteroatoms. The molecule has 0 saturated carbocycles. The first-order valence-electron chi connectivity index (χ1n) is 6.57. The van der Waals surface area contributed by atoms with Crippen LogP contribution in [0, 0.1) is 6.92 Å². The summed E-state index contributed by atoms with van der Waals surface area (Å²) in [6, 6.07) is 16.0. The molecule has 0 bridgehead atoms. The van der Waals surface area contributed by atoms with E-state index in [1.807, 2.05) is 36.4 Å². The van der Waals surface area contributed by atoms with Crippen molar-refractivity contribution in [1.82, 2.24) is 20.2 Å². The van der Waals surface area contributed by atoms with Crippen molar-refractivity contribution in [1.29, 1.82) is 0 Å². The highest BCUT2D eigenvalue weighted by atomic mass is 79.9. The molecule has 21 heavy (non-hydrogen) atoms. The average molecular weight is 344 g/mol. The molecule has 0 aliphatic heterocycles. The smallest absolute Gasteiger partial charge is 0.175 e. The minimum atomic E-state index is 0.546. The third kappa shape index (κ3) is 3.11. The number of nitrogens with zero attached hydrogens (tertiary/aromatic N) is 4. The van der Waals surface area contributed by atoms with Gasteiger partial charge < -0.3 is 5.32 Å². The van der Waals surface area contributed by atoms with E-state index in [4.69, 9.17) is 0 Å². The molecule has 0 aliphatic rings. The van der Waals surface area contributed by atoms with E-state index in [-0.39, 0.29) is 0 Å². The summed E-state index contributed by atoms with van der Waals surface area (Å²) in [4.78, 5) is 0. The van der Waals surface area contributed by atoms with Crippen LogP contribution in [-0.4, -0.2) is 20.2 Å². The van der Waals surface area contributed by atoms with Crippen LogP contribution in [0.4, 0.5) is 5.69 Å². The van der Waals surface area contributed by atoms with Crippen LogP contribution in [-0.2, 0) is 6.54 Å². The van der Waals surface area contributed by atoms with Gasteiger partial charge in [0, 0.05) is 10.2 Å². The van der Waals surface area contributed by atoms with Gasteiger partial charge in [-0.25, -0.2) is 0 Å². The highest BCUT2D eigenvalue weighted by Gasteiger charge is 2.08. The molecule has 0 atom stereocenters. The zero-order valence-corrected chi connectivity index (χ0v) is 13.1. The number of aromatic nitrogens is 4. The van der Waals surface area contributed by atoms with Crippen LogP contribution in [0.1, 0.15) is 11.4 Å². The van der Waals surface area contributed by atoms with Gasteiger partial charge in [0.05, 0.1) is 12.2 Å². The number of rotatable bonds is 4. The van der Waals surface area contributed by atoms with Crippen LogP contribution in [0.5, 0.6) is 0 Å². The summed E-state index contributed by atoms with van der Waals surface area (Å²) in [5.41, 5.74) is 3.17. The Labute approximate surface area is 131 Å². The summed E-state index contributed by atoms with van der Waals surface area (Å²) in [7, 11) is 0.